The highest BCUT2D eigenvalue weighted by atomic mass is 16.5. The molecule has 118 valence electrons. The van der Waals surface area contributed by atoms with Crippen LogP contribution in [-0.4, -0.2) is 48.2 Å². The number of nitrogens with one attached hydrogen (secondary N) is 1. The fourth-order valence-electron chi connectivity index (χ4n) is 3.21. The lowest BCUT2D eigenvalue weighted by Gasteiger charge is -2.18. The van der Waals surface area contributed by atoms with Crippen molar-refractivity contribution in [3.63, 3.8) is 0 Å². The van der Waals surface area contributed by atoms with Crippen molar-refractivity contribution in [2.75, 3.05) is 27.2 Å². The third kappa shape index (κ3) is 2.74. The monoisotopic (exact) mass is 302 g/mol. The highest BCUT2D eigenvalue weighted by molar-refractivity contribution is 5.88. The number of hydrogen-bond acceptors (Lipinski definition) is 3. The van der Waals surface area contributed by atoms with Gasteiger partial charge in [0.2, 0.25) is 0 Å². The summed E-state index contributed by atoms with van der Waals surface area (Å²) in [7, 11) is 4.10. The molecule has 0 bridgehead atoms. The average Bonchev–Trinajstić information content (AvgIpc) is 3.11. The van der Waals surface area contributed by atoms with Gasteiger partial charge >= 0.3 is 5.97 Å². The van der Waals surface area contributed by atoms with Crippen LogP contribution in [0.4, 0.5) is 0 Å². The maximum Gasteiger partial charge on any atom is 0.309 e. The average molecular weight is 302 g/mol. The molecule has 3 rings (SSSR count). The number of aliphatic carboxylic acids is 1. The van der Waals surface area contributed by atoms with Crippen LogP contribution in [0, 0.1) is 5.92 Å². The maximum atomic E-state index is 11.5. The lowest BCUT2D eigenvalue weighted by molar-refractivity contribution is -0.143. The number of rotatable bonds is 5. The van der Waals surface area contributed by atoms with Gasteiger partial charge in [0, 0.05) is 30.3 Å². The first kappa shape index (κ1) is 15.1. The molecule has 22 heavy (non-hydrogen) atoms. The Bertz CT molecular complexity index is 678. The topological polar surface area (TPSA) is 65.6 Å². The number of nitrogens with zero attached hydrogens (tertiary/aromatic N) is 1. The van der Waals surface area contributed by atoms with Crippen molar-refractivity contribution in [2.24, 2.45) is 5.92 Å². The van der Waals surface area contributed by atoms with E-state index in [-0.39, 0.29) is 6.10 Å². The highest BCUT2D eigenvalue weighted by Crippen LogP contribution is 2.39. The number of carboxylic acids is 1. The van der Waals surface area contributed by atoms with E-state index in [1.54, 1.807) is 0 Å². The van der Waals surface area contributed by atoms with Gasteiger partial charge in [-0.15, -0.1) is 0 Å². The van der Waals surface area contributed by atoms with E-state index in [0.29, 0.717) is 13.0 Å². The molecule has 1 saturated heterocycles. The van der Waals surface area contributed by atoms with Crippen LogP contribution in [0.2, 0.25) is 0 Å². The Morgan fingerprint density at radius 2 is 2.27 bits per heavy atom. The number of ether oxygens (including phenoxy) is 1. The van der Waals surface area contributed by atoms with Gasteiger partial charge in [-0.3, -0.25) is 4.79 Å². The van der Waals surface area contributed by atoms with Crippen molar-refractivity contribution in [3.05, 3.63) is 35.5 Å². The molecule has 1 aromatic heterocycles. The summed E-state index contributed by atoms with van der Waals surface area (Å²) in [6, 6.07) is 5.99. The quantitative estimate of drug-likeness (QED) is 0.890. The summed E-state index contributed by atoms with van der Waals surface area (Å²) >= 11 is 0. The van der Waals surface area contributed by atoms with Crippen LogP contribution in [0.25, 0.3) is 10.9 Å². The summed E-state index contributed by atoms with van der Waals surface area (Å²) in [5, 5.41) is 10.5. The van der Waals surface area contributed by atoms with E-state index >= 15 is 0 Å². The summed E-state index contributed by atoms with van der Waals surface area (Å²) in [5.41, 5.74) is 3.27. The van der Waals surface area contributed by atoms with Crippen LogP contribution in [0.1, 0.15) is 23.7 Å². The summed E-state index contributed by atoms with van der Waals surface area (Å²) in [6.07, 6.45) is 3.18. The number of aromatic amines is 1. The van der Waals surface area contributed by atoms with Gasteiger partial charge in [-0.25, -0.2) is 0 Å². The van der Waals surface area contributed by atoms with E-state index in [0.717, 1.165) is 29.4 Å². The van der Waals surface area contributed by atoms with E-state index in [1.165, 1.54) is 5.56 Å². The predicted molar refractivity (Wildman–Crippen MR) is 85.0 cm³/mol. The highest BCUT2D eigenvalue weighted by Gasteiger charge is 2.36. The third-order valence-electron chi connectivity index (χ3n) is 4.36. The van der Waals surface area contributed by atoms with Crippen LogP contribution in [0.3, 0.4) is 0 Å². The standard InChI is InChI=1S/C17H22N2O3/c1-19(2)8-6-11-10-18-14-5-3-4-12(15(11)14)16-13(17(20)21)7-9-22-16/h3-5,10,13,16,18H,6-9H2,1-2H3,(H,20,21). The molecule has 2 N–H and O–H groups in total. The first-order chi connectivity index (χ1) is 10.6. The molecule has 2 atom stereocenters. The van der Waals surface area contributed by atoms with Crippen molar-refractivity contribution in [3.8, 4) is 0 Å². The van der Waals surface area contributed by atoms with Gasteiger partial charge in [-0.2, -0.15) is 0 Å². The normalized spacial score (nSPS) is 21.8. The van der Waals surface area contributed by atoms with E-state index < -0.39 is 11.9 Å². The fraction of sp³-hybridized carbons (Fsp3) is 0.471. The Hall–Kier alpha value is -1.85. The van der Waals surface area contributed by atoms with Gasteiger partial charge in [0.05, 0.1) is 12.0 Å². The summed E-state index contributed by atoms with van der Waals surface area (Å²) in [5.74, 6) is -1.23. The van der Waals surface area contributed by atoms with Gasteiger partial charge < -0.3 is 19.7 Å². The molecule has 0 aliphatic carbocycles. The number of hydrogen-bond donors (Lipinski definition) is 2. The molecular formula is C17H22N2O3. The SMILES string of the molecule is CN(C)CCc1c[nH]c2cccc(C3OCCC3C(=O)O)c12. The number of likely N-dealkylation sites (N-methyl/N-ethyl adjacent to an activating group) is 1. The lowest BCUT2D eigenvalue weighted by Crippen LogP contribution is -2.18. The molecule has 0 saturated carbocycles. The molecule has 1 fully saturated rings. The number of carboxylic acid groups (broad SMARTS) is 1. The van der Waals surface area contributed by atoms with Gasteiger partial charge in [-0.1, -0.05) is 12.1 Å². The summed E-state index contributed by atoms with van der Waals surface area (Å²) in [6.45, 7) is 1.46. The molecule has 0 spiro atoms. The molecule has 0 radical (unpaired) electrons. The minimum Gasteiger partial charge on any atom is -0.481 e. The van der Waals surface area contributed by atoms with Crippen LogP contribution in [0.5, 0.6) is 0 Å². The fourth-order valence-corrected chi connectivity index (χ4v) is 3.21. The largest absolute Gasteiger partial charge is 0.481 e. The Morgan fingerprint density at radius 1 is 1.45 bits per heavy atom. The van der Waals surface area contributed by atoms with E-state index in [4.69, 9.17) is 4.74 Å². The number of H-pyrrole nitrogens is 1. The maximum absolute atomic E-state index is 11.5. The van der Waals surface area contributed by atoms with Gasteiger partial charge in [0.25, 0.3) is 0 Å². The smallest absolute Gasteiger partial charge is 0.309 e. The number of aromatic nitrogens is 1. The molecule has 0 amide bonds. The Morgan fingerprint density at radius 3 is 3.00 bits per heavy atom. The molecular weight excluding hydrogens is 280 g/mol. The molecule has 2 unspecified atom stereocenters. The van der Waals surface area contributed by atoms with Crippen molar-refractivity contribution < 1.29 is 14.6 Å². The molecule has 1 aliphatic heterocycles. The van der Waals surface area contributed by atoms with Crippen molar-refractivity contribution in [2.45, 2.75) is 18.9 Å². The van der Waals surface area contributed by atoms with Crippen LogP contribution >= 0.6 is 0 Å². The molecule has 2 aromatic rings. The second kappa shape index (κ2) is 6.10. The van der Waals surface area contributed by atoms with E-state index in [1.807, 2.05) is 24.4 Å². The second-order valence-corrected chi connectivity index (χ2v) is 6.16. The first-order valence-electron chi connectivity index (χ1n) is 7.66. The van der Waals surface area contributed by atoms with E-state index in [9.17, 15) is 9.90 Å². The van der Waals surface area contributed by atoms with Gasteiger partial charge in [-0.05, 0) is 44.1 Å². The second-order valence-electron chi connectivity index (χ2n) is 6.16. The Kier molecular flexibility index (Phi) is 4.18. The predicted octanol–water partition coefficient (Wildman–Crippen LogP) is 2.43. The Labute approximate surface area is 129 Å². The third-order valence-corrected chi connectivity index (χ3v) is 4.36. The first-order valence-corrected chi connectivity index (χ1v) is 7.66. The zero-order chi connectivity index (χ0) is 15.7. The molecule has 5 heteroatoms. The van der Waals surface area contributed by atoms with Crippen molar-refractivity contribution in [1.82, 2.24) is 9.88 Å². The molecule has 2 heterocycles. The number of benzene rings is 1. The molecule has 1 aliphatic rings. The lowest BCUT2D eigenvalue weighted by atomic mass is 9.91. The molecule has 1 aromatic carbocycles. The molecule has 5 nitrogen and oxygen atoms in total. The zero-order valence-corrected chi connectivity index (χ0v) is 13.0. The number of fused-ring (bicyclic) bond motifs is 1. The van der Waals surface area contributed by atoms with Crippen LogP contribution in [0.15, 0.2) is 24.4 Å². The van der Waals surface area contributed by atoms with Gasteiger partial charge in [0.1, 0.15) is 0 Å². The zero-order valence-electron chi connectivity index (χ0n) is 13.0. The Balaban J connectivity index is 2.01. The number of carbonyl (C=O) groups is 1. The van der Waals surface area contributed by atoms with Crippen molar-refractivity contribution >= 4 is 16.9 Å². The van der Waals surface area contributed by atoms with Crippen LogP contribution < -0.4 is 0 Å². The summed E-state index contributed by atoms with van der Waals surface area (Å²) < 4.78 is 5.77. The minimum absolute atomic E-state index is 0.352. The summed E-state index contributed by atoms with van der Waals surface area (Å²) in [4.78, 5) is 16.9. The minimum atomic E-state index is -0.773. The van der Waals surface area contributed by atoms with E-state index in [2.05, 4.69) is 24.0 Å². The van der Waals surface area contributed by atoms with Crippen LogP contribution in [-0.2, 0) is 16.0 Å². The van der Waals surface area contributed by atoms with Crippen molar-refractivity contribution in [1.29, 1.82) is 0 Å². The van der Waals surface area contributed by atoms with Gasteiger partial charge in [0.15, 0.2) is 0 Å².